The monoisotopic (exact) mass is 349 g/mol. The Bertz CT molecular complexity index is 858. The minimum atomic E-state index is -4.71. The van der Waals surface area contributed by atoms with Crippen LogP contribution in [0.2, 0.25) is 0 Å². The topological polar surface area (TPSA) is 71.0 Å². The Labute approximate surface area is 141 Å². The van der Waals surface area contributed by atoms with Gasteiger partial charge in [-0.3, -0.25) is 5.10 Å². The minimum Gasteiger partial charge on any atom is -0.406 e. The highest BCUT2D eigenvalue weighted by molar-refractivity contribution is 5.70. The van der Waals surface area contributed by atoms with Gasteiger partial charge in [-0.15, -0.1) is 13.2 Å². The fraction of sp³-hybridized carbons (Fsp3) is 0.176. The molecule has 3 aromatic rings. The number of halogens is 3. The maximum absolute atomic E-state index is 12.2. The van der Waals surface area contributed by atoms with Gasteiger partial charge in [0, 0.05) is 5.56 Å². The lowest BCUT2D eigenvalue weighted by molar-refractivity contribution is -0.274. The number of hydrogen-bond acceptors (Lipinski definition) is 4. The standard InChI is InChI=1S/C17H14F3N3O2/c1-10(24)15-21-16(23-22-15)13-4-2-3-12(9-13)11-5-7-14(8-6-11)25-17(18,19)20/h2-10,24H,1H3,(H,21,22,23). The fourth-order valence-electron chi connectivity index (χ4n) is 2.28. The third-order valence-electron chi connectivity index (χ3n) is 3.44. The molecule has 5 nitrogen and oxygen atoms in total. The normalized spacial score (nSPS) is 12.8. The van der Waals surface area contributed by atoms with Crippen LogP contribution in [0.25, 0.3) is 22.5 Å². The van der Waals surface area contributed by atoms with Crippen molar-refractivity contribution in [1.29, 1.82) is 0 Å². The smallest absolute Gasteiger partial charge is 0.406 e. The highest BCUT2D eigenvalue weighted by atomic mass is 19.4. The highest BCUT2D eigenvalue weighted by Crippen LogP contribution is 2.28. The molecule has 3 rings (SSSR count). The van der Waals surface area contributed by atoms with Crippen molar-refractivity contribution < 1.29 is 23.0 Å². The van der Waals surface area contributed by atoms with Gasteiger partial charge in [0.15, 0.2) is 11.6 Å². The van der Waals surface area contributed by atoms with Crippen molar-refractivity contribution in [2.45, 2.75) is 19.4 Å². The van der Waals surface area contributed by atoms with Crippen LogP contribution in [0, 0.1) is 0 Å². The summed E-state index contributed by atoms with van der Waals surface area (Å²) in [6, 6.07) is 12.8. The van der Waals surface area contributed by atoms with Crippen molar-refractivity contribution in [2.75, 3.05) is 0 Å². The number of aromatic amines is 1. The summed E-state index contributed by atoms with van der Waals surface area (Å²) in [7, 11) is 0. The summed E-state index contributed by atoms with van der Waals surface area (Å²) in [6.07, 6.45) is -5.47. The van der Waals surface area contributed by atoms with Crippen molar-refractivity contribution in [3.8, 4) is 28.3 Å². The second kappa shape index (κ2) is 6.56. The van der Waals surface area contributed by atoms with Crippen LogP contribution in [-0.2, 0) is 0 Å². The van der Waals surface area contributed by atoms with E-state index >= 15 is 0 Å². The van der Waals surface area contributed by atoms with Gasteiger partial charge in [0.25, 0.3) is 0 Å². The zero-order chi connectivity index (χ0) is 18.0. The quantitative estimate of drug-likeness (QED) is 0.744. The Hall–Kier alpha value is -2.87. The average Bonchev–Trinajstić information content (AvgIpc) is 3.04. The Morgan fingerprint density at radius 3 is 2.32 bits per heavy atom. The van der Waals surface area contributed by atoms with E-state index in [2.05, 4.69) is 19.9 Å². The van der Waals surface area contributed by atoms with Crippen LogP contribution >= 0.6 is 0 Å². The van der Waals surface area contributed by atoms with E-state index in [0.717, 1.165) is 16.7 Å². The largest absolute Gasteiger partial charge is 0.573 e. The van der Waals surface area contributed by atoms with E-state index in [0.29, 0.717) is 11.6 Å². The number of alkyl halides is 3. The lowest BCUT2D eigenvalue weighted by atomic mass is 10.0. The van der Waals surface area contributed by atoms with Gasteiger partial charge in [-0.1, -0.05) is 30.3 Å². The van der Waals surface area contributed by atoms with Crippen LogP contribution in [-0.4, -0.2) is 26.7 Å². The van der Waals surface area contributed by atoms with Crippen molar-refractivity contribution >= 4 is 0 Å². The number of aliphatic hydroxyl groups excluding tert-OH is 1. The number of H-pyrrole nitrogens is 1. The van der Waals surface area contributed by atoms with Gasteiger partial charge in [-0.25, -0.2) is 4.98 Å². The summed E-state index contributed by atoms with van der Waals surface area (Å²) in [5, 5.41) is 16.2. The molecule has 25 heavy (non-hydrogen) atoms. The first-order valence-electron chi connectivity index (χ1n) is 7.39. The van der Waals surface area contributed by atoms with E-state index in [4.69, 9.17) is 0 Å². The SMILES string of the molecule is CC(O)c1nc(-c2cccc(-c3ccc(OC(F)(F)F)cc3)c2)n[nH]1. The molecule has 1 aromatic heterocycles. The van der Waals surface area contributed by atoms with Crippen molar-refractivity contribution in [1.82, 2.24) is 15.2 Å². The Morgan fingerprint density at radius 2 is 1.72 bits per heavy atom. The summed E-state index contributed by atoms with van der Waals surface area (Å²) in [4.78, 5) is 4.21. The molecule has 0 radical (unpaired) electrons. The third-order valence-corrected chi connectivity index (χ3v) is 3.44. The summed E-state index contributed by atoms with van der Waals surface area (Å²) >= 11 is 0. The summed E-state index contributed by atoms with van der Waals surface area (Å²) in [5.41, 5.74) is 2.23. The maximum Gasteiger partial charge on any atom is 0.573 e. The zero-order valence-electron chi connectivity index (χ0n) is 13.1. The van der Waals surface area contributed by atoms with E-state index in [1.165, 1.54) is 12.1 Å². The number of rotatable bonds is 4. The molecule has 0 bridgehead atoms. The van der Waals surface area contributed by atoms with E-state index < -0.39 is 12.5 Å². The fourth-order valence-corrected chi connectivity index (χ4v) is 2.28. The predicted molar refractivity (Wildman–Crippen MR) is 84.6 cm³/mol. The molecule has 2 aromatic carbocycles. The second-order valence-corrected chi connectivity index (χ2v) is 5.37. The van der Waals surface area contributed by atoms with Crippen molar-refractivity contribution in [3.63, 3.8) is 0 Å². The molecular weight excluding hydrogens is 335 g/mol. The number of benzene rings is 2. The van der Waals surface area contributed by atoms with Gasteiger partial charge < -0.3 is 9.84 Å². The lowest BCUT2D eigenvalue weighted by Gasteiger charge is -2.09. The van der Waals surface area contributed by atoms with E-state index in [-0.39, 0.29) is 5.75 Å². The van der Waals surface area contributed by atoms with Gasteiger partial charge in [0.05, 0.1) is 0 Å². The number of nitrogens with zero attached hydrogens (tertiary/aromatic N) is 2. The molecule has 8 heteroatoms. The Kier molecular flexibility index (Phi) is 4.45. The maximum atomic E-state index is 12.2. The van der Waals surface area contributed by atoms with E-state index in [9.17, 15) is 18.3 Å². The van der Waals surface area contributed by atoms with Gasteiger partial charge in [-0.05, 0) is 36.2 Å². The van der Waals surface area contributed by atoms with Gasteiger partial charge >= 0.3 is 6.36 Å². The molecule has 0 fully saturated rings. The first kappa shape index (κ1) is 17.0. The highest BCUT2D eigenvalue weighted by Gasteiger charge is 2.30. The minimum absolute atomic E-state index is 0.275. The number of aliphatic hydroxyl groups is 1. The van der Waals surface area contributed by atoms with Gasteiger partial charge in [0.2, 0.25) is 0 Å². The van der Waals surface area contributed by atoms with E-state index in [1.807, 2.05) is 12.1 Å². The molecule has 1 atom stereocenters. The average molecular weight is 349 g/mol. The van der Waals surface area contributed by atoms with Crippen molar-refractivity contribution in [3.05, 3.63) is 54.4 Å². The van der Waals surface area contributed by atoms with Crippen molar-refractivity contribution in [2.24, 2.45) is 0 Å². The molecule has 130 valence electrons. The van der Waals surface area contributed by atoms with Crippen LogP contribution in [0.4, 0.5) is 13.2 Å². The molecule has 0 amide bonds. The number of hydrogen-bond donors (Lipinski definition) is 2. The Morgan fingerprint density at radius 1 is 1.04 bits per heavy atom. The predicted octanol–water partition coefficient (Wildman–Crippen LogP) is 4.09. The zero-order valence-corrected chi connectivity index (χ0v) is 13.1. The summed E-state index contributed by atoms with van der Waals surface area (Å²) < 4.78 is 40.5. The Balaban J connectivity index is 1.86. The van der Waals surface area contributed by atoms with Gasteiger partial charge in [0.1, 0.15) is 11.9 Å². The molecule has 0 spiro atoms. The lowest BCUT2D eigenvalue weighted by Crippen LogP contribution is -2.16. The van der Waals surface area contributed by atoms with Crippen LogP contribution in [0.3, 0.4) is 0 Å². The van der Waals surface area contributed by atoms with Gasteiger partial charge in [-0.2, -0.15) is 5.10 Å². The van der Waals surface area contributed by atoms with Crippen LogP contribution < -0.4 is 4.74 Å². The third kappa shape index (κ3) is 4.16. The summed E-state index contributed by atoms with van der Waals surface area (Å²) in [5.74, 6) is 0.506. The molecule has 1 unspecified atom stereocenters. The molecular formula is C17H14F3N3O2. The van der Waals surface area contributed by atoms with Crippen LogP contribution in [0.5, 0.6) is 5.75 Å². The number of nitrogens with one attached hydrogen (secondary N) is 1. The van der Waals surface area contributed by atoms with Crippen LogP contribution in [0.1, 0.15) is 18.9 Å². The van der Waals surface area contributed by atoms with Crippen LogP contribution in [0.15, 0.2) is 48.5 Å². The molecule has 2 N–H and O–H groups in total. The summed E-state index contributed by atoms with van der Waals surface area (Å²) in [6.45, 7) is 1.57. The molecule has 0 saturated heterocycles. The van der Waals surface area contributed by atoms with E-state index in [1.54, 1.807) is 31.2 Å². The first-order valence-corrected chi connectivity index (χ1v) is 7.39. The number of ether oxygens (including phenoxy) is 1. The molecule has 0 aliphatic heterocycles. The molecule has 0 aliphatic carbocycles. The number of aromatic nitrogens is 3. The molecule has 0 saturated carbocycles. The second-order valence-electron chi connectivity index (χ2n) is 5.37. The first-order chi connectivity index (χ1) is 11.8. The molecule has 0 aliphatic rings. The molecule has 1 heterocycles.